The Labute approximate surface area is 99.3 Å². The molecule has 3 N–H and O–H groups in total. The fourth-order valence-electron chi connectivity index (χ4n) is 1.33. The highest BCUT2D eigenvalue weighted by Crippen LogP contribution is 2.12. The van der Waals surface area contributed by atoms with Crippen LogP contribution >= 0.6 is 0 Å². The summed E-state index contributed by atoms with van der Waals surface area (Å²) in [4.78, 5) is 0. The number of nitrogens with zero attached hydrogens (tertiary/aromatic N) is 1. The summed E-state index contributed by atoms with van der Waals surface area (Å²) < 4.78 is 13.6. The molecule has 5 heteroatoms. The molecule has 0 spiro atoms. The molecule has 4 nitrogen and oxygen atoms in total. The Morgan fingerprint density at radius 2 is 2.24 bits per heavy atom. The lowest BCUT2D eigenvalue weighted by Crippen LogP contribution is -2.40. The van der Waals surface area contributed by atoms with Crippen molar-refractivity contribution < 1.29 is 14.6 Å². The summed E-state index contributed by atoms with van der Waals surface area (Å²) in [6.45, 7) is 1.43. The fourth-order valence-corrected chi connectivity index (χ4v) is 1.33. The molecule has 1 unspecified atom stereocenters. The Morgan fingerprint density at radius 1 is 1.53 bits per heavy atom. The molecule has 0 saturated heterocycles. The van der Waals surface area contributed by atoms with Gasteiger partial charge >= 0.3 is 0 Å². The quantitative estimate of drug-likeness (QED) is 0.699. The zero-order valence-corrected chi connectivity index (χ0v) is 9.57. The largest absolute Gasteiger partial charge is 0.393 e. The van der Waals surface area contributed by atoms with E-state index < -0.39 is 11.4 Å². The molecule has 1 aromatic rings. The molecule has 0 heterocycles. The molecular weight excluding hydrogens is 223 g/mol. The molecule has 0 radical (unpaired) electrons. The second kappa shape index (κ2) is 5.73. The third-order valence-corrected chi connectivity index (χ3v) is 2.36. The molecule has 0 fully saturated rings. The number of rotatable bonds is 5. The van der Waals surface area contributed by atoms with Crippen molar-refractivity contribution in [2.24, 2.45) is 0 Å². The number of hydrogen-bond acceptors (Lipinski definition) is 4. The van der Waals surface area contributed by atoms with Crippen LogP contribution in [0, 0.1) is 17.1 Å². The molecule has 0 aliphatic rings. The Morgan fingerprint density at radius 3 is 2.82 bits per heavy atom. The summed E-state index contributed by atoms with van der Waals surface area (Å²) in [5.41, 5.74) is -0.875. The highest BCUT2D eigenvalue weighted by atomic mass is 19.1. The standard InChI is InChI=1S/C12H15FN2O2/c1-12(17,8-16)7-15-6-10-4-2-3-9(5-14)11(10)13/h2-4,15-17H,6-8H2,1H3. The van der Waals surface area contributed by atoms with Crippen molar-refractivity contribution >= 4 is 0 Å². The number of nitriles is 1. The Kier molecular flexibility index (Phi) is 4.58. The SMILES string of the molecule is CC(O)(CO)CNCc1cccc(C#N)c1F. The van der Waals surface area contributed by atoms with Crippen LogP contribution < -0.4 is 5.32 Å². The molecule has 92 valence electrons. The highest BCUT2D eigenvalue weighted by Gasteiger charge is 2.18. The molecule has 1 atom stereocenters. The van der Waals surface area contributed by atoms with Crippen molar-refractivity contribution in [1.29, 1.82) is 5.26 Å². The van der Waals surface area contributed by atoms with Crippen LogP contribution in [0.15, 0.2) is 18.2 Å². The van der Waals surface area contributed by atoms with Gasteiger partial charge in [0.05, 0.1) is 17.8 Å². The monoisotopic (exact) mass is 238 g/mol. The average molecular weight is 238 g/mol. The van der Waals surface area contributed by atoms with Crippen molar-refractivity contribution in [2.45, 2.75) is 19.1 Å². The van der Waals surface area contributed by atoms with Gasteiger partial charge in [0.25, 0.3) is 0 Å². The number of benzene rings is 1. The fraction of sp³-hybridized carbons (Fsp3) is 0.417. The van der Waals surface area contributed by atoms with E-state index in [4.69, 9.17) is 10.4 Å². The summed E-state index contributed by atoms with van der Waals surface area (Å²) in [5.74, 6) is -0.550. The molecule has 0 saturated carbocycles. The summed E-state index contributed by atoms with van der Waals surface area (Å²) >= 11 is 0. The highest BCUT2D eigenvalue weighted by molar-refractivity contribution is 5.34. The van der Waals surface area contributed by atoms with Crippen LogP contribution in [0.25, 0.3) is 0 Å². The van der Waals surface area contributed by atoms with Gasteiger partial charge in [-0.25, -0.2) is 4.39 Å². The van der Waals surface area contributed by atoms with Gasteiger partial charge in [-0.15, -0.1) is 0 Å². The molecule has 0 amide bonds. The van der Waals surface area contributed by atoms with Gasteiger partial charge < -0.3 is 15.5 Å². The summed E-state index contributed by atoms with van der Waals surface area (Å²) in [5, 5.41) is 29.8. The number of aliphatic hydroxyl groups is 2. The predicted molar refractivity (Wildman–Crippen MR) is 60.5 cm³/mol. The molecule has 0 aliphatic carbocycles. The van der Waals surface area contributed by atoms with Crippen molar-refractivity contribution in [1.82, 2.24) is 5.32 Å². The van der Waals surface area contributed by atoms with Gasteiger partial charge in [0, 0.05) is 18.7 Å². The molecule has 17 heavy (non-hydrogen) atoms. The van der Waals surface area contributed by atoms with Gasteiger partial charge in [-0.3, -0.25) is 0 Å². The van der Waals surface area contributed by atoms with E-state index in [2.05, 4.69) is 5.32 Å². The van der Waals surface area contributed by atoms with E-state index >= 15 is 0 Å². The van der Waals surface area contributed by atoms with E-state index in [1.807, 2.05) is 0 Å². The third kappa shape index (κ3) is 3.79. The van der Waals surface area contributed by atoms with Crippen LogP contribution in [0.4, 0.5) is 4.39 Å². The van der Waals surface area contributed by atoms with Gasteiger partial charge in [0.15, 0.2) is 0 Å². The van der Waals surface area contributed by atoms with E-state index in [1.165, 1.54) is 13.0 Å². The molecular formula is C12H15FN2O2. The lowest BCUT2D eigenvalue weighted by atomic mass is 10.1. The zero-order chi connectivity index (χ0) is 12.9. The van der Waals surface area contributed by atoms with Gasteiger partial charge in [-0.1, -0.05) is 12.1 Å². The minimum absolute atomic E-state index is 0.00165. The Hall–Kier alpha value is -1.48. The number of halogens is 1. The third-order valence-electron chi connectivity index (χ3n) is 2.36. The van der Waals surface area contributed by atoms with E-state index in [1.54, 1.807) is 18.2 Å². The van der Waals surface area contributed by atoms with Crippen LogP contribution in [0.5, 0.6) is 0 Å². The number of aliphatic hydroxyl groups excluding tert-OH is 1. The second-order valence-corrected chi connectivity index (χ2v) is 4.15. The first-order valence-corrected chi connectivity index (χ1v) is 5.21. The van der Waals surface area contributed by atoms with Crippen molar-refractivity contribution in [2.75, 3.05) is 13.2 Å². The second-order valence-electron chi connectivity index (χ2n) is 4.15. The lowest BCUT2D eigenvalue weighted by Gasteiger charge is -2.20. The van der Waals surface area contributed by atoms with Crippen LogP contribution in [0.3, 0.4) is 0 Å². The van der Waals surface area contributed by atoms with Gasteiger partial charge in [0.2, 0.25) is 0 Å². The van der Waals surface area contributed by atoms with Crippen molar-refractivity contribution in [3.05, 3.63) is 35.1 Å². The average Bonchev–Trinajstić information content (AvgIpc) is 2.31. The first-order chi connectivity index (χ1) is 8.00. The first-order valence-electron chi connectivity index (χ1n) is 5.21. The minimum Gasteiger partial charge on any atom is -0.393 e. The van der Waals surface area contributed by atoms with E-state index in [0.29, 0.717) is 5.56 Å². The maximum atomic E-state index is 13.6. The summed E-state index contributed by atoms with van der Waals surface area (Å²) in [6, 6.07) is 6.33. The van der Waals surface area contributed by atoms with Gasteiger partial charge in [-0.2, -0.15) is 5.26 Å². The van der Waals surface area contributed by atoms with E-state index in [-0.39, 0.29) is 25.3 Å². The van der Waals surface area contributed by atoms with E-state index in [9.17, 15) is 9.50 Å². The van der Waals surface area contributed by atoms with Crippen molar-refractivity contribution in [3.63, 3.8) is 0 Å². The number of nitrogens with one attached hydrogen (secondary N) is 1. The normalized spacial score (nSPS) is 14.1. The van der Waals surface area contributed by atoms with Gasteiger partial charge in [-0.05, 0) is 13.0 Å². The molecule has 0 bridgehead atoms. The van der Waals surface area contributed by atoms with Crippen LogP contribution in [0.2, 0.25) is 0 Å². The van der Waals surface area contributed by atoms with E-state index in [0.717, 1.165) is 0 Å². The molecule has 1 rings (SSSR count). The molecule has 0 aliphatic heterocycles. The predicted octanol–water partition coefficient (Wildman–Crippen LogP) is 0.530. The molecule has 1 aromatic carbocycles. The smallest absolute Gasteiger partial charge is 0.145 e. The topological polar surface area (TPSA) is 76.3 Å². The Balaban J connectivity index is 2.62. The minimum atomic E-state index is -1.23. The maximum absolute atomic E-state index is 13.6. The maximum Gasteiger partial charge on any atom is 0.145 e. The summed E-state index contributed by atoms with van der Waals surface area (Å²) in [7, 11) is 0. The summed E-state index contributed by atoms with van der Waals surface area (Å²) in [6.07, 6.45) is 0. The van der Waals surface area contributed by atoms with Crippen LogP contribution in [0.1, 0.15) is 18.1 Å². The van der Waals surface area contributed by atoms with Gasteiger partial charge in [0.1, 0.15) is 11.9 Å². The van der Waals surface area contributed by atoms with Crippen molar-refractivity contribution in [3.8, 4) is 6.07 Å². The number of hydrogen-bond donors (Lipinski definition) is 3. The first kappa shape index (κ1) is 13.6. The van der Waals surface area contributed by atoms with Crippen LogP contribution in [-0.4, -0.2) is 29.0 Å². The van der Waals surface area contributed by atoms with Crippen LogP contribution in [-0.2, 0) is 6.54 Å². The zero-order valence-electron chi connectivity index (χ0n) is 9.57. The molecule has 0 aromatic heterocycles. The lowest BCUT2D eigenvalue weighted by molar-refractivity contribution is 0.00249. The Bertz CT molecular complexity index is 427.